The summed E-state index contributed by atoms with van der Waals surface area (Å²) >= 11 is 0. The van der Waals surface area contributed by atoms with Gasteiger partial charge >= 0.3 is 0 Å². The van der Waals surface area contributed by atoms with Gasteiger partial charge in [-0.15, -0.1) is 0 Å². The first-order valence-corrected chi connectivity index (χ1v) is 9.96. The number of hydrogen-bond acceptors (Lipinski definition) is 2. The van der Waals surface area contributed by atoms with E-state index in [2.05, 4.69) is 0 Å². The monoisotopic (exact) mass is 343 g/mol. The average Bonchev–Trinajstić information content (AvgIpc) is 3.40. The molecule has 0 heterocycles. The number of benzene rings is 2. The second kappa shape index (κ2) is 6.69. The summed E-state index contributed by atoms with van der Waals surface area (Å²) in [5, 5.41) is 0. The molecule has 0 bridgehead atoms. The third kappa shape index (κ3) is 3.55. The van der Waals surface area contributed by atoms with Gasteiger partial charge in [0.25, 0.3) is 0 Å². The fourth-order valence-corrected chi connectivity index (χ4v) is 5.13. The van der Waals surface area contributed by atoms with E-state index < -0.39 is 10.0 Å². The first-order valence-electron chi connectivity index (χ1n) is 8.52. The number of sulfonamides is 1. The van der Waals surface area contributed by atoms with E-state index in [1.165, 1.54) is 0 Å². The van der Waals surface area contributed by atoms with Crippen molar-refractivity contribution in [2.45, 2.75) is 51.1 Å². The van der Waals surface area contributed by atoms with E-state index in [1.807, 2.05) is 63.2 Å². The van der Waals surface area contributed by atoms with E-state index in [0.29, 0.717) is 17.4 Å². The minimum absolute atomic E-state index is 0.0233. The van der Waals surface area contributed by atoms with Crippen LogP contribution in [0.5, 0.6) is 0 Å². The second-order valence-corrected chi connectivity index (χ2v) is 8.74. The quantitative estimate of drug-likeness (QED) is 0.784. The zero-order chi connectivity index (χ0) is 17.3. The Balaban J connectivity index is 2.01. The van der Waals surface area contributed by atoms with Gasteiger partial charge in [-0.3, -0.25) is 0 Å². The predicted molar refractivity (Wildman–Crippen MR) is 97.3 cm³/mol. The molecule has 24 heavy (non-hydrogen) atoms. The largest absolute Gasteiger partial charge is 0.243 e. The molecule has 3 nitrogen and oxygen atoms in total. The molecule has 0 unspecified atom stereocenters. The van der Waals surface area contributed by atoms with Crippen molar-refractivity contribution < 1.29 is 8.42 Å². The maximum atomic E-state index is 13.4. The Bertz CT molecular complexity index is 811. The highest BCUT2D eigenvalue weighted by Crippen LogP contribution is 2.38. The average molecular weight is 343 g/mol. The normalized spacial score (nSPS) is 16.3. The van der Waals surface area contributed by atoms with Gasteiger partial charge in [0, 0.05) is 12.6 Å². The van der Waals surface area contributed by atoms with Crippen molar-refractivity contribution >= 4 is 10.0 Å². The van der Waals surface area contributed by atoms with E-state index in [4.69, 9.17) is 0 Å². The predicted octanol–water partition coefficient (Wildman–Crippen LogP) is 4.29. The van der Waals surface area contributed by atoms with Gasteiger partial charge in [0.15, 0.2) is 0 Å². The highest BCUT2D eigenvalue weighted by atomic mass is 32.2. The molecule has 0 N–H and O–H groups in total. The molecule has 0 aromatic heterocycles. The lowest BCUT2D eigenvalue weighted by Gasteiger charge is -2.29. The maximum Gasteiger partial charge on any atom is 0.243 e. The minimum Gasteiger partial charge on any atom is -0.207 e. The van der Waals surface area contributed by atoms with Crippen LogP contribution in [0.25, 0.3) is 0 Å². The molecule has 1 fully saturated rings. The van der Waals surface area contributed by atoms with Crippen LogP contribution < -0.4 is 0 Å². The van der Waals surface area contributed by atoms with E-state index in [9.17, 15) is 8.42 Å². The molecule has 0 radical (unpaired) electrons. The molecule has 0 saturated heterocycles. The zero-order valence-electron chi connectivity index (χ0n) is 14.6. The summed E-state index contributed by atoms with van der Waals surface area (Å²) in [6, 6.07) is 15.5. The van der Waals surface area contributed by atoms with Crippen molar-refractivity contribution in [1.82, 2.24) is 4.31 Å². The number of rotatable bonds is 6. The third-order valence-corrected chi connectivity index (χ3v) is 6.94. The molecule has 2 aromatic carbocycles. The van der Waals surface area contributed by atoms with Gasteiger partial charge in [-0.25, -0.2) is 8.42 Å². The Kier molecular flexibility index (Phi) is 4.79. The van der Waals surface area contributed by atoms with Crippen molar-refractivity contribution in [3.63, 3.8) is 0 Å². The molecule has 0 amide bonds. The summed E-state index contributed by atoms with van der Waals surface area (Å²) in [6.45, 7) is 6.27. The van der Waals surface area contributed by atoms with Crippen LogP contribution in [-0.4, -0.2) is 18.8 Å². The number of aryl methyl sites for hydroxylation is 2. The molecule has 3 rings (SSSR count). The Hall–Kier alpha value is -1.65. The minimum atomic E-state index is -3.52. The van der Waals surface area contributed by atoms with Crippen molar-refractivity contribution in [1.29, 1.82) is 0 Å². The van der Waals surface area contributed by atoms with Crippen LogP contribution in [0, 0.1) is 19.8 Å². The Morgan fingerprint density at radius 2 is 1.75 bits per heavy atom. The van der Waals surface area contributed by atoms with Gasteiger partial charge in [-0.2, -0.15) is 4.31 Å². The Labute approximate surface area is 145 Å². The van der Waals surface area contributed by atoms with Crippen LogP contribution in [-0.2, 0) is 16.6 Å². The lowest BCUT2D eigenvalue weighted by Crippen LogP contribution is -2.39. The highest BCUT2D eigenvalue weighted by molar-refractivity contribution is 7.89. The molecule has 2 aromatic rings. The summed E-state index contributed by atoms with van der Waals surface area (Å²) < 4.78 is 28.5. The number of nitrogens with zero attached hydrogens (tertiary/aromatic N) is 1. The van der Waals surface area contributed by atoms with E-state index >= 15 is 0 Å². The van der Waals surface area contributed by atoms with Crippen LogP contribution in [0.2, 0.25) is 0 Å². The van der Waals surface area contributed by atoms with Gasteiger partial charge < -0.3 is 0 Å². The van der Waals surface area contributed by atoms with Crippen molar-refractivity contribution in [3.05, 3.63) is 65.2 Å². The molecule has 1 saturated carbocycles. The molecule has 4 heteroatoms. The van der Waals surface area contributed by atoms with Crippen LogP contribution in [0.3, 0.4) is 0 Å². The fourth-order valence-electron chi connectivity index (χ4n) is 3.14. The van der Waals surface area contributed by atoms with Crippen LogP contribution in [0.4, 0.5) is 0 Å². The Morgan fingerprint density at radius 1 is 1.08 bits per heavy atom. The summed E-state index contributed by atoms with van der Waals surface area (Å²) in [6.07, 6.45) is 2.24. The topological polar surface area (TPSA) is 37.4 Å². The van der Waals surface area contributed by atoms with Gasteiger partial charge in [0.05, 0.1) is 4.90 Å². The molecular formula is C20H25NO2S. The molecule has 1 aliphatic rings. The molecule has 1 atom stereocenters. The van der Waals surface area contributed by atoms with Crippen LogP contribution in [0.1, 0.15) is 36.5 Å². The number of hydrogen-bond donors (Lipinski definition) is 0. The summed E-state index contributed by atoms with van der Waals surface area (Å²) in [5.41, 5.74) is 2.80. The van der Waals surface area contributed by atoms with Crippen molar-refractivity contribution in [2.24, 2.45) is 5.92 Å². The highest BCUT2D eigenvalue weighted by Gasteiger charge is 2.38. The standard InChI is InChI=1S/C20H25NO2S/c1-15-9-10-16(2)20(13-15)24(22,23)21(17(3)19-11-12-19)14-18-7-5-4-6-8-18/h4-10,13,17,19H,11-12,14H2,1-3H3/t17-/m1/s1. The SMILES string of the molecule is Cc1ccc(C)c(S(=O)(=O)N(Cc2ccccc2)[C@H](C)C2CC2)c1. The third-order valence-electron chi connectivity index (χ3n) is 4.87. The Morgan fingerprint density at radius 3 is 2.38 bits per heavy atom. The summed E-state index contributed by atoms with van der Waals surface area (Å²) in [5.74, 6) is 0.480. The molecule has 0 aliphatic heterocycles. The van der Waals surface area contributed by atoms with Crippen LogP contribution >= 0.6 is 0 Å². The van der Waals surface area contributed by atoms with E-state index in [1.54, 1.807) is 10.4 Å². The van der Waals surface area contributed by atoms with E-state index in [-0.39, 0.29) is 6.04 Å². The van der Waals surface area contributed by atoms with E-state index in [0.717, 1.165) is 29.5 Å². The lowest BCUT2D eigenvalue weighted by atomic mass is 10.2. The van der Waals surface area contributed by atoms with Crippen molar-refractivity contribution in [3.8, 4) is 0 Å². The molecular weight excluding hydrogens is 318 g/mol. The smallest absolute Gasteiger partial charge is 0.207 e. The van der Waals surface area contributed by atoms with Gasteiger partial charge in [-0.05, 0) is 62.3 Å². The summed E-state index contributed by atoms with van der Waals surface area (Å²) in [4.78, 5) is 0.436. The molecule has 1 aliphatic carbocycles. The van der Waals surface area contributed by atoms with Gasteiger partial charge in [0.1, 0.15) is 0 Å². The van der Waals surface area contributed by atoms with Crippen molar-refractivity contribution in [2.75, 3.05) is 0 Å². The second-order valence-electron chi connectivity index (χ2n) is 6.88. The first-order chi connectivity index (χ1) is 11.4. The first kappa shape index (κ1) is 17.2. The van der Waals surface area contributed by atoms with Gasteiger partial charge in [0.2, 0.25) is 10.0 Å². The lowest BCUT2D eigenvalue weighted by molar-refractivity contribution is 0.303. The molecule has 128 valence electrons. The fraction of sp³-hybridized carbons (Fsp3) is 0.400. The summed E-state index contributed by atoms with van der Waals surface area (Å²) in [7, 11) is -3.52. The molecule has 0 spiro atoms. The maximum absolute atomic E-state index is 13.4. The zero-order valence-corrected chi connectivity index (χ0v) is 15.4. The van der Waals surface area contributed by atoms with Gasteiger partial charge in [-0.1, -0.05) is 42.5 Å². The van der Waals surface area contributed by atoms with Crippen LogP contribution in [0.15, 0.2) is 53.4 Å².